The minimum atomic E-state index is -5.63. The zero-order chi connectivity index (χ0) is 26.5. The van der Waals surface area contributed by atoms with Gasteiger partial charge in [0.25, 0.3) is 0 Å². The third-order valence-electron chi connectivity index (χ3n) is 4.24. The molecule has 6 nitrogen and oxygen atoms in total. The summed E-state index contributed by atoms with van der Waals surface area (Å²) in [5.41, 5.74) is -6.43. The average Bonchev–Trinajstić information content (AvgIpc) is 2.67. The van der Waals surface area contributed by atoms with Gasteiger partial charge in [0, 0.05) is 12.2 Å². The predicted molar refractivity (Wildman–Crippen MR) is 97.0 cm³/mol. The summed E-state index contributed by atoms with van der Waals surface area (Å²) in [6.07, 6.45) is -8.94. The van der Waals surface area contributed by atoms with Gasteiger partial charge >= 0.3 is 36.0 Å². The van der Waals surface area contributed by atoms with E-state index in [1.165, 1.54) is 0 Å². The number of alkyl halides is 8. The summed E-state index contributed by atoms with van der Waals surface area (Å²) >= 11 is 0. The first-order chi connectivity index (χ1) is 14.6. The van der Waals surface area contributed by atoms with Gasteiger partial charge in [0.15, 0.2) is 13.2 Å². The van der Waals surface area contributed by atoms with E-state index in [9.17, 15) is 44.7 Å². The summed E-state index contributed by atoms with van der Waals surface area (Å²) in [6.45, 7) is 2.09. The minimum absolute atomic E-state index is 0.338. The van der Waals surface area contributed by atoms with Gasteiger partial charge in [-0.3, -0.25) is 0 Å². The number of rotatable bonds is 14. The molecule has 0 aliphatic carbocycles. The number of ether oxygens (including phenoxy) is 4. The van der Waals surface area contributed by atoms with Crippen LogP contribution in [-0.2, 0) is 28.5 Å². The number of carbonyl (C=O) groups excluding carboxylic acids is 2. The fourth-order valence-corrected chi connectivity index (χ4v) is 1.88. The van der Waals surface area contributed by atoms with Crippen molar-refractivity contribution >= 4 is 11.9 Å². The molecular weight excluding hydrogens is 476 g/mol. The molecule has 0 heterocycles. The summed E-state index contributed by atoms with van der Waals surface area (Å²) in [4.78, 5) is 21.7. The number of hydrogen-bond donors (Lipinski definition) is 0. The number of carbonyl (C=O) groups is 2. The van der Waals surface area contributed by atoms with Crippen LogP contribution in [0.2, 0.25) is 0 Å². The molecule has 0 fully saturated rings. The molecule has 0 amide bonds. The number of hydrogen-bond acceptors (Lipinski definition) is 6. The van der Waals surface area contributed by atoms with Gasteiger partial charge in [0.05, 0.1) is 12.0 Å². The van der Waals surface area contributed by atoms with E-state index in [1.807, 2.05) is 0 Å². The summed E-state index contributed by atoms with van der Waals surface area (Å²) in [5, 5.41) is 0. The smallest absolute Gasteiger partial charge is 0.420 e. The lowest BCUT2D eigenvalue weighted by atomic mass is 9.85. The molecule has 0 radical (unpaired) electrons. The Labute approximate surface area is 184 Å². The van der Waals surface area contributed by atoms with E-state index < -0.39 is 66.8 Å². The lowest BCUT2D eigenvalue weighted by Crippen LogP contribution is -2.61. The van der Waals surface area contributed by atoms with Crippen LogP contribution in [0.15, 0.2) is 25.3 Å². The number of esters is 2. The molecule has 14 heteroatoms. The van der Waals surface area contributed by atoms with Gasteiger partial charge in [-0.15, -0.1) is 0 Å². The SMILES string of the molecule is C=CC(=O)OCC(F)(F)OCC(C)(C)C(F)(F)C(F)(F)OC(C)(C)C(F)(F)COC(=O)C=C. The Morgan fingerprint density at radius 1 is 0.758 bits per heavy atom. The fraction of sp³-hybridized carbons (Fsp3) is 0.684. The normalized spacial score (nSPS) is 13.9. The van der Waals surface area contributed by atoms with Gasteiger partial charge in [-0.25, -0.2) is 9.59 Å². The largest absolute Gasteiger partial charge is 0.456 e. The van der Waals surface area contributed by atoms with E-state index in [1.54, 1.807) is 0 Å². The van der Waals surface area contributed by atoms with Crippen molar-refractivity contribution in [2.24, 2.45) is 5.41 Å². The van der Waals surface area contributed by atoms with Crippen LogP contribution in [-0.4, -0.2) is 61.4 Å². The van der Waals surface area contributed by atoms with Crippen LogP contribution in [0.4, 0.5) is 35.1 Å². The second kappa shape index (κ2) is 10.4. The summed E-state index contributed by atoms with van der Waals surface area (Å²) in [6, 6.07) is 0. The van der Waals surface area contributed by atoms with Crippen molar-refractivity contribution in [2.75, 3.05) is 19.8 Å². The van der Waals surface area contributed by atoms with Crippen LogP contribution < -0.4 is 0 Å². The van der Waals surface area contributed by atoms with E-state index in [4.69, 9.17) is 0 Å². The van der Waals surface area contributed by atoms with Crippen molar-refractivity contribution in [3.05, 3.63) is 25.3 Å². The molecule has 192 valence electrons. The van der Waals surface area contributed by atoms with Gasteiger partial charge in [0.1, 0.15) is 5.60 Å². The molecule has 0 spiro atoms. The van der Waals surface area contributed by atoms with Gasteiger partial charge in [-0.05, 0) is 13.8 Å². The van der Waals surface area contributed by atoms with Crippen LogP contribution in [0.3, 0.4) is 0 Å². The van der Waals surface area contributed by atoms with E-state index in [0.29, 0.717) is 39.8 Å². The maximum absolute atomic E-state index is 14.6. The lowest BCUT2D eigenvalue weighted by molar-refractivity contribution is -0.425. The van der Waals surface area contributed by atoms with Crippen molar-refractivity contribution in [3.63, 3.8) is 0 Å². The maximum atomic E-state index is 14.6. The van der Waals surface area contributed by atoms with E-state index in [2.05, 4.69) is 32.1 Å². The highest BCUT2D eigenvalue weighted by molar-refractivity contribution is 5.81. The zero-order valence-electron chi connectivity index (χ0n) is 18.2. The van der Waals surface area contributed by atoms with Gasteiger partial charge in [-0.2, -0.15) is 35.1 Å². The average molecular weight is 500 g/mol. The van der Waals surface area contributed by atoms with Gasteiger partial charge in [-0.1, -0.05) is 27.0 Å². The van der Waals surface area contributed by atoms with Crippen molar-refractivity contribution < 1.29 is 63.7 Å². The highest BCUT2D eigenvalue weighted by atomic mass is 19.3. The standard InChI is InChI=1S/C19H24F8O6/c1-7-12(28)30-10-16(20,21)15(5,6)33-19(26,27)18(24,25)14(3,4)9-32-17(22,23)11-31-13(29)8-2/h7-8H,1-2,9-11H2,3-6H3. The van der Waals surface area contributed by atoms with Crippen molar-refractivity contribution in [3.8, 4) is 0 Å². The second-order valence-electron chi connectivity index (χ2n) is 7.84. The molecule has 0 saturated heterocycles. The van der Waals surface area contributed by atoms with Gasteiger partial charge < -0.3 is 18.9 Å². The molecule has 0 saturated carbocycles. The molecule has 0 atom stereocenters. The maximum Gasteiger partial charge on any atom is 0.420 e. The third kappa shape index (κ3) is 7.95. The monoisotopic (exact) mass is 500 g/mol. The summed E-state index contributed by atoms with van der Waals surface area (Å²) < 4.78 is 129. The Morgan fingerprint density at radius 2 is 1.18 bits per heavy atom. The Bertz CT molecular complexity index is 734. The molecule has 0 aliphatic rings. The van der Waals surface area contributed by atoms with E-state index >= 15 is 0 Å². The quantitative estimate of drug-likeness (QED) is 0.195. The van der Waals surface area contributed by atoms with Crippen LogP contribution in [0.1, 0.15) is 27.7 Å². The van der Waals surface area contributed by atoms with Crippen molar-refractivity contribution in [1.82, 2.24) is 0 Å². The summed E-state index contributed by atoms with van der Waals surface area (Å²) in [5.74, 6) is -12.3. The topological polar surface area (TPSA) is 71.1 Å². The first-order valence-electron chi connectivity index (χ1n) is 9.01. The molecule has 0 rings (SSSR count). The Hall–Kier alpha value is -2.22. The first kappa shape index (κ1) is 30.8. The van der Waals surface area contributed by atoms with Crippen LogP contribution in [0.25, 0.3) is 0 Å². The third-order valence-corrected chi connectivity index (χ3v) is 4.24. The number of halogens is 8. The summed E-state index contributed by atoms with van der Waals surface area (Å²) in [7, 11) is 0. The highest BCUT2D eigenvalue weighted by Gasteiger charge is 2.70. The first-order valence-corrected chi connectivity index (χ1v) is 9.01. The molecule has 0 bridgehead atoms. The lowest BCUT2D eigenvalue weighted by Gasteiger charge is -2.43. The Kier molecular flexibility index (Phi) is 9.67. The van der Waals surface area contributed by atoms with E-state index in [0.717, 1.165) is 0 Å². The fourth-order valence-electron chi connectivity index (χ4n) is 1.88. The van der Waals surface area contributed by atoms with Crippen molar-refractivity contribution in [1.29, 1.82) is 0 Å². The van der Waals surface area contributed by atoms with Crippen LogP contribution in [0, 0.1) is 5.41 Å². The van der Waals surface area contributed by atoms with Crippen LogP contribution in [0.5, 0.6) is 0 Å². The molecule has 33 heavy (non-hydrogen) atoms. The van der Waals surface area contributed by atoms with E-state index in [-0.39, 0.29) is 0 Å². The molecule has 0 aromatic carbocycles. The Balaban J connectivity index is 5.51. The van der Waals surface area contributed by atoms with Crippen LogP contribution >= 0.6 is 0 Å². The molecular formula is C19H24F8O6. The Morgan fingerprint density at radius 3 is 1.61 bits per heavy atom. The highest BCUT2D eigenvalue weighted by Crippen LogP contribution is 2.51. The predicted octanol–water partition coefficient (Wildman–Crippen LogP) is 4.74. The zero-order valence-corrected chi connectivity index (χ0v) is 18.2. The second-order valence-corrected chi connectivity index (χ2v) is 7.84. The molecule has 0 unspecified atom stereocenters. The molecule has 0 N–H and O–H groups in total. The molecule has 0 aliphatic heterocycles. The minimum Gasteiger partial charge on any atom is -0.456 e. The molecule has 0 aromatic heterocycles. The van der Waals surface area contributed by atoms with Gasteiger partial charge in [0.2, 0.25) is 0 Å². The van der Waals surface area contributed by atoms with Crippen molar-refractivity contribution in [2.45, 2.75) is 57.4 Å². The molecule has 0 aromatic rings.